The summed E-state index contributed by atoms with van der Waals surface area (Å²) in [5.74, 6) is 0.747. The molecule has 0 amide bonds. The Balaban J connectivity index is 1.39. The molecule has 0 N–H and O–H groups in total. The molecule has 4 nitrogen and oxygen atoms in total. The van der Waals surface area contributed by atoms with Crippen LogP contribution in [0.5, 0.6) is 5.88 Å². The molecule has 1 saturated carbocycles. The van der Waals surface area contributed by atoms with E-state index in [-0.39, 0.29) is 0 Å². The molecule has 0 unspecified atom stereocenters. The lowest BCUT2D eigenvalue weighted by molar-refractivity contribution is 0.0756. The van der Waals surface area contributed by atoms with E-state index in [1.165, 1.54) is 45.2 Å². The third-order valence-corrected chi connectivity index (χ3v) is 5.34. The van der Waals surface area contributed by atoms with Crippen molar-refractivity contribution in [2.75, 3.05) is 13.1 Å². The lowest BCUT2D eigenvalue weighted by atomic mass is 9.90. The summed E-state index contributed by atoms with van der Waals surface area (Å²) in [7, 11) is 0. The summed E-state index contributed by atoms with van der Waals surface area (Å²) in [6.45, 7) is 2.60. The van der Waals surface area contributed by atoms with E-state index in [9.17, 15) is 0 Å². The second kappa shape index (κ2) is 6.83. The molecule has 4 heteroatoms. The highest BCUT2D eigenvalue weighted by Gasteiger charge is 2.28. The Hall–Kier alpha value is -1.68. The molecular formula is C19H25N3O. The summed E-state index contributed by atoms with van der Waals surface area (Å²) >= 11 is 0. The smallest absolute Gasteiger partial charge is 0.224 e. The molecule has 23 heavy (non-hydrogen) atoms. The van der Waals surface area contributed by atoms with Crippen molar-refractivity contribution in [1.82, 2.24) is 14.9 Å². The van der Waals surface area contributed by atoms with Gasteiger partial charge in [0.1, 0.15) is 12.4 Å². The number of likely N-dealkylation sites (tertiary alicyclic amines) is 1. The molecule has 1 saturated heterocycles. The SMILES string of the molecule is c1ccc2c(OC3CCC(N4CCCCC4)CC3)ncnc2c1. The van der Waals surface area contributed by atoms with Gasteiger partial charge in [-0.05, 0) is 63.7 Å². The van der Waals surface area contributed by atoms with Crippen LogP contribution < -0.4 is 4.74 Å². The van der Waals surface area contributed by atoms with Gasteiger partial charge in [0.2, 0.25) is 5.88 Å². The van der Waals surface area contributed by atoms with Gasteiger partial charge in [-0.3, -0.25) is 0 Å². The molecule has 1 aliphatic carbocycles. The fourth-order valence-electron chi connectivity index (χ4n) is 4.04. The molecule has 122 valence electrons. The number of ether oxygens (including phenoxy) is 1. The monoisotopic (exact) mass is 311 g/mol. The van der Waals surface area contributed by atoms with Gasteiger partial charge in [-0.1, -0.05) is 18.6 Å². The highest BCUT2D eigenvalue weighted by molar-refractivity contribution is 5.82. The third-order valence-electron chi connectivity index (χ3n) is 5.34. The summed E-state index contributed by atoms with van der Waals surface area (Å²) in [4.78, 5) is 11.4. The van der Waals surface area contributed by atoms with Crippen molar-refractivity contribution >= 4 is 10.9 Å². The van der Waals surface area contributed by atoms with Crippen molar-refractivity contribution in [3.05, 3.63) is 30.6 Å². The van der Waals surface area contributed by atoms with Gasteiger partial charge in [-0.15, -0.1) is 0 Å². The van der Waals surface area contributed by atoms with Crippen LogP contribution in [0.2, 0.25) is 0 Å². The van der Waals surface area contributed by atoms with Gasteiger partial charge in [0.05, 0.1) is 10.9 Å². The molecular weight excluding hydrogens is 286 g/mol. The van der Waals surface area contributed by atoms with Crippen molar-refractivity contribution in [3.63, 3.8) is 0 Å². The summed E-state index contributed by atoms with van der Waals surface area (Å²) in [6, 6.07) is 8.85. The summed E-state index contributed by atoms with van der Waals surface area (Å²) < 4.78 is 6.23. The van der Waals surface area contributed by atoms with E-state index in [4.69, 9.17) is 4.74 Å². The van der Waals surface area contributed by atoms with Gasteiger partial charge in [0, 0.05) is 6.04 Å². The Morgan fingerprint density at radius 3 is 2.52 bits per heavy atom. The largest absolute Gasteiger partial charge is 0.474 e. The van der Waals surface area contributed by atoms with E-state index < -0.39 is 0 Å². The zero-order valence-corrected chi connectivity index (χ0v) is 13.7. The van der Waals surface area contributed by atoms with Gasteiger partial charge in [0.25, 0.3) is 0 Å². The third kappa shape index (κ3) is 3.32. The second-order valence-electron chi connectivity index (χ2n) is 6.84. The predicted octanol–water partition coefficient (Wildman–Crippen LogP) is 3.81. The molecule has 1 aromatic heterocycles. The van der Waals surface area contributed by atoms with E-state index in [1.54, 1.807) is 6.33 Å². The fraction of sp³-hybridized carbons (Fsp3) is 0.579. The quantitative estimate of drug-likeness (QED) is 0.864. The zero-order chi connectivity index (χ0) is 15.5. The number of hydrogen-bond acceptors (Lipinski definition) is 4. The van der Waals surface area contributed by atoms with Crippen LogP contribution in [0.1, 0.15) is 44.9 Å². The number of benzene rings is 1. The number of piperidine rings is 1. The van der Waals surface area contributed by atoms with E-state index >= 15 is 0 Å². The minimum Gasteiger partial charge on any atom is -0.474 e. The van der Waals surface area contributed by atoms with Crippen molar-refractivity contribution in [2.45, 2.75) is 57.1 Å². The predicted molar refractivity (Wildman–Crippen MR) is 91.6 cm³/mol. The lowest BCUT2D eigenvalue weighted by Gasteiger charge is -2.38. The minimum atomic E-state index is 0.300. The summed E-state index contributed by atoms with van der Waals surface area (Å²) in [5, 5.41) is 1.02. The van der Waals surface area contributed by atoms with Crippen LogP contribution in [0.4, 0.5) is 0 Å². The summed E-state index contributed by atoms with van der Waals surface area (Å²) in [6.07, 6.45) is 10.9. The first-order valence-electron chi connectivity index (χ1n) is 9.00. The molecule has 2 aromatic rings. The number of nitrogens with zero attached hydrogens (tertiary/aromatic N) is 3. The van der Waals surface area contributed by atoms with E-state index in [0.29, 0.717) is 6.10 Å². The molecule has 1 aliphatic heterocycles. The van der Waals surface area contributed by atoms with Crippen LogP contribution in [0.3, 0.4) is 0 Å². The van der Waals surface area contributed by atoms with Crippen molar-refractivity contribution < 1.29 is 4.74 Å². The van der Waals surface area contributed by atoms with Crippen LogP contribution >= 0.6 is 0 Å². The molecule has 0 radical (unpaired) electrons. The number of hydrogen-bond donors (Lipinski definition) is 0. The first-order valence-corrected chi connectivity index (χ1v) is 9.00. The second-order valence-corrected chi connectivity index (χ2v) is 6.84. The van der Waals surface area contributed by atoms with Gasteiger partial charge < -0.3 is 9.64 Å². The number of rotatable bonds is 3. The Morgan fingerprint density at radius 1 is 0.913 bits per heavy atom. The van der Waals surface area contributed by atoms with E-state index in [0.717, 1.165) is 35.7 Å². The van der Waals surface area contributed by atoms with Crippen LogP contribution in [0.15, 0.2) is 30.6 Å². The highest BCUT2D eigenvalue weighted by atomic mass is 16.5. The minimum absolute atomic E-state index is 0.300. The fourth-order valence-corrected chi connectivity index (χ4v) is 4.04. The molecule has 2 aliphatic rings. The number of aromatic nitrogens is 2. The average molecular weight is 311 g/mol. The van der Waals surface area contributed by atoms with Crippen molar-refractivity contribution in [1.29, 1.82) is 0 Å². The average Bonchev–Trinajstić information content (AvgIpc) is 2.63. The van der Waals surface area contributed by atoms with Crippen LogP contribution in [0, 0.1) is 0 Å². The molecule has 2 heterocycles. The van der Waals surface area contributed by atoms with Crippen LogP contribution in [0.25, 0.3) is 10.9 Å². The molecule has 2 fully saturated rings. The standard InChI is InChI=1S/C19H25N3O/c1-4-12-22(13-5-1)15-8-10-16(11-9-15)23-19-17-6-2-3-7-18(17)20-14-21-19/h2-3,6-7,14-16H,1,4-5,8-13H2. The Labute approximate surface area is 137 Å². The Kier molecular flexibility index (Phi) is 4.42. The van der Waals surface area contributed by atoms with Gasteiger partial charge >= 0.3 is 0 Å². The maximum absolute atomic E-state index is 6.23. The topological polar surface area (TPSA) is 38.2 Å². The van der Waals surface area contributed by atoms with Crippen LogP contribution in [-0.2, 0) is 0 Å². The first-order chi connectivity index (χ1) is 11.4. The first kappa shape index (κ1) is 14.9. The zero-order valence-electron chi connectivity index (χ0n) is 13.7. The lowest BCUT2D eigenvalue weighted by Crippen LogP contribution is -2.42. The Morgan fingerprint density at radius 2 is 1.70 bits per heavy atom. The van der Waals surface area contributed by atoms with E-state index in [1.807, 2.05) is 24.3 Å². The molecule has 4 rings (SSSR count). The highest BCUT2D eigenvalue weighted by Crippen LogP contribution is 2.29. The Bertz CT molecular complexity index is 641. The molecule has 0 spiro atoms. The summed E-state index contributed by atoms with van der Waals surface area (Å²) in [5.41, 5.74) is 0.958. The maximum Gasteiger partial charge on any atom is 0.224 e. The van der Waals surface area contributed by atoms with Gasteiger partial charge in [-0.25, -0.2) is 9.97 Å². The van der Waals surface area contributed by atoms with Gasteiger partial charge in [-0.2, -0.15) is 0 Å². The maximum atomic E-state index is 6.23. The number of para-hydroxylation sites is 1. The van der Waals surface area contributed by atoms with E-state index in [2.05, 4.69) is 14.9 Å². The number of fused-ring (bicyclic) bond motifs is 1. The van der Waals surface area contributed by atoms with Crippen LogP contribution in [-0.4, -0.2) is 40.1 Å². The molecule has 1 aromatic carbocycles. The molecule has 0 atom stereocenters. The normalized spacial score (nSPS) is 26.3. The van der Waals surface area contributed by atoms with Gasteiger partial charge in [0.15, 0.2) is 0 Å². The van der Waals surface area contributed by atoms with Crippen molar-refractivity contribution in [2.24, 2.45) is 0 Å². The van der Waals surface area contributed by atoms with Crippen molar-refractivity contribution in [3.8, 4) is 5.88 Å². The molecule has 0 bridgehead atoms.